The topological polar surface area (TPSA) is 20.2 Å². The Kier molecular flexibility index (Phi) is 1.42. The molecule has 0 unspecified atom stereocenters. The zero-order chi connectivity index (χ0) is 5.98. The Balaban J connectivity index is 2.76. The summed E-state index contributed by atoms with van der Waals surface area (Å²) in [6.07, 6.45) is 5.29. The van der Waals surface area contributed by atoms with Gasteiger partial charge in [0.15, 0.2) is 0 Å². The first kappa shape index (κ1) is 5.48. The van der Waals surface area contributed by atoms with Crippen LogP contribution >= 0.6 is 0 Å². The van der Waals surface area contributed by atoms with Gasteiger partial charge in [0.1, 0.15) is 7.85 Å². The lowest BCUT2D eigenvalue weighted by atomic mass is 9.89. The van der Waals surface area contributed by atoms with E-state index in [-0.39, 0.29) is 0 Å². The molecule has 0 fully saturated rings. The molecule has 0 aromatic rings. The lowest BCUT2D eigenvalue weighted by molar-refractivity contribution is 0.385. The molecule has 0 bridgehead atoms. The third-order valence-electron chi connectivity index (χ3n) is 1.18. The predicted molar refractivity (Wildman–Crippen MR) is 33.8 cm³/mol. The first-order valence-corrected chi connectivity index (χ1v) is 2.65. The van der Waals surface area contributed by atoms with Gasteiger partial charge in [0, 0.05) is 6.42 Å². The van der Waals surface area contributed by atoms with E-state index in [0.29, 0.717) is 17.7 Å². The maximum Gasteiger partial charge on any atom is 0.118 e. The molecule has 1 nitrogen and oxygen atoms in total. The summed E-state index contributed by atoms with van der Waals surface area (Å²) in [5, 5.41) is 8.88. The molecule has 1 N–H and O–H groups in total. The average Bonchev–Trinajstić information content (AvgIpc) is 1.77. The quantitative estimate of drug-likeness (QED) is 0.461. The Labute approximate surface area is 50.1 Å². The van der Waals surface area contributed by atoms with Gasteiger partial charge in [-0.25, -0.2) is 0 Å². The molecule has 0 aromatic carbocycles. The lowest BCUT2D eigenvalue weighted by Crippen LogP contribution is -1.92. The fourth-order valence-corrected chi connectivity index (χ4v) is 0.671. The minimum absolute atomic E-state index is 0.326. The third-order valence-corrected chi connectivity index (χ3v) is 1.18. The van der Waals surface area contributed by atoms with Crippen LogP contribution in [-0.2, 0) is 0 Å². The van der Waals surface area contributed by atoms with Crippen LogP contribution < -0.4 is 0 Å². The van der Waals surface area contributed by atoms with Gasteiger partial charge in [-0.2, -0.15) is 0 Å². The summed E-state index contributed by atoms with van der Waals surface area (Å²) in [6, 6.07) is 0. The van der Waals surface area contributed by atoms with Gasteiger partial charge in [-0.3, -0.25) is 0 Å². The summed E-state index contributed by atoms with van der Waals surface area (Å²) in [5.41, 5.74) is 0.510. The van der Waals surface area contributed by atoms with Crippen molar-refractivity contribution in [3.8, 4) is 0 Å². The minimum Gasteiger partial charge on any atom is -0.513 e. The molecule has 0 saturated carbocycles. The van der Waals surface area contributed by atoms with E-state index in [1.54, 1.807) is 6.08 Å². The van der Waals surface area contributed by atoms with Crippen molar-refractivity contribution in [1.82, 2.24) is 0 Å². The number of aliphatic hydroxyl groups excluding tert-OH is 1. The molecule has 1 aliphatic carbocycles. The molecule has 2 heteroatoms. The number of aliphatic hydroxyl groups is 1. The van der Waals surface area contributed by atoms with Gasteiger partial charge in [-0.15, -0.1) is 0 Å². The van der Waals surface area contributed by atoms with Crippen LogP contribution in [0, 0.1) is 0 Å². The van der Waals surface area contributed by atoms with Crippen LogP contribution in [0.4, 0.5) is 0 Å². The summed E-state index contributed by atoms with van der Waals surface area (Å²) >= 11 is 0. The highest BCUT2D eigenvalue weighted by molar-refractivity contribution is 6.23. The number of hydrogen-bond donors (Lipinski definition) is 1. The Hall–Kier alpha value is -0.655. The second-order valence-electron chi connectivity index (χ2n) is 1.84. The summed E-state index contributed by atoms with van der Waals surface area (Å²) in [6.45, 7) is 0. The van der Waals surface area contributed by atoms with Crippen LogP contribution in [0.15, 0.2) is 23.4 Å². The van der Waals surface area contributed by atoms with Crippen LogP contribution in [0.5, 0.6) is 0 Å². The van der Waals surface area contributed by atoms with Crippen LogP contribution in [0.3, 0.4) is 0 Å². The standard InChI is InChI=1S/C6H7BO/c7-5-3-1-2-4-6(5)8/h1,3,8H,2,4H2. The highest BCUT2D eigenvalue weighted by Gasteiger charge is 1.98. The number of hydrogen-bond acceptors (Lipinski definition) is 1. The van der Waals surface area contributed by atoms with Gasteiger partial charge in [0.2, 0.25) is 0 Å². The molecule has 0 atom stereocenters. The Bertz CT molecular complexity index is 147. The molecule has 0 saturated heterocycles. The van der Waals surface area contributed by atoms with Crippen molar-refractivity contribution in [2.45, 2.75) is 12.8 Å². The number of allylic oxidation sites excluding steroid dienone is 4. The van der Waals surface area contributed by atoms with Gasteiger partial charge < -0.3 is 5.11 Å². The minimum atomic E-state index is 0.326. The first-order chi connectivity index (χ1) is 3.80. The van der Waals surface area contributed by atoms with Gasteiger partial charge in [0.25, 0.3) is 0 Å². The van der Waals surface area contributed by atoms with E-state index >= 15 is 0 Å². The van der Waals surface area contributed by atoms with Crippen LogP contribution in [0.2, 0.25) is 0 Å². The van der Waals surface area contributed by atoms with E-state index < -0.39 is 0 Å². The fraction of sp³-hybridized carbons (Fsp3) is 0.333. The molecule has 0 spiro atoms. The predicted octanol–water partition coefficient (Wildman–Crippen LogP) is 1.27. The maximum absolute atomic E-state index is 8.88. The van der Waals surface area contributed by atoms with Crippen molar-refractivity contribution in [3.05, 3.63) is 23.4 Å². The zero-order valence-corrected chi connectivity index (χ0v) is 4.59. The molecule has 8 heavy (non-hydrogen) atoms. The summed E-state index contributed by atoms with van der Waals surface area (Å²) in [4.78, 5) is 0. The molecular weight excluding hydrogens is 98.9 g/mol. The summed E-state index contributed by atoms with van der Waals surface area (Å²) < 4.78 is 0. The first-order valence-electron chi connectivity index (χ1n) is 2.65. The van der Waals surface area contributed by atoms with Gasteiger partial charge >= 0.3 is 0 Å². The van der Waals surface area contributed by atoms with E-state index in [4.69, 9.17) is 13.0 Å². The Morgan fingerprint density at radius 3 is 2.75 bits per heavy atom. The lowest BCUT2D eigenvalue weighted by Gasteiger charge is -2.04. The van der Waals surface area contributed by atoms with Crippen LogP contribution in [-0.4, -0.2) is 13.0 Å². The molecule has 0 heterocycles. The Morgan fingerprint density at radius 2 is 2.38 bits per heavy atom. The van der Waals surface area contributed by atoms with Crippen molar-refractivity contribution in [3.63, 3.8) is 0 Å². The van der Waals surface area contributed by atoms with Crippen molar-refractivity contribution in [1.29, 1.82) is 0 Å². The maximum atomic E-state index is 8.88. The van der Waals surface area contributed by atoms with E-state index in [1.165, 1.54) is 0 Å². The van der Waals surface area contributed by atoms with Gasteiger partial charge in [-0.1, -0.05) is 17.6 Å². The van der Waals surface area contributed by atoms with Crippen molar-refractivity contribution in [2.75, 3.05) is 0 Å². The largest absolute Gasteiger partial charge is 0.513 e. The molecule has 0 aromatic heterocycles. The van der Waals surface area contributed by atoms with E-state index in [1.807, 2.05) is 6.08 Å². The summed E-state index contributed by atoms with van der Waals surface area (Å²) in [5.74, 6) is 0.326. The summed E-state index contributed by atoms with van der Waals surface area (Å²) in [7, 11) is 5.32. The highest BCUT2D eigenvalue weighted by atomic mass is 16.3. The van der Waals surface area contributed by atoms with E-state index in [9.17, 15) is 0 Å². The molecule has 1 aliphatic rings. The van der Waals surface area contributed by atoms with Gasteiger partial charge in [0.05, 0.1) is 5.76 Å². The second-order valence-corrected chi connectivity index (χ2v) is 1.84. The molecule has 2 radical (unpaired) electrons. The molecule has 1 rings (SSSR count). The van der Waals surface area contributed by atoms with E-state index in [0.717, 1.165) is 6.42 Å². The third kappa shape index (κ3) is 0.943. The molecule has 0 aliphatic heterocycles. The SMILES string of the molecule is [B]C1=C(O)CCC=C1. The number of rotatable bonds is 0. The molecular formula is C6H7BO. The van der Waals surface area contributed by atoms with Gasteiger partial charge in [-0.05, 0) is 6.42 Å². The normalized spacial score (nSPS) is 19.5. The second kappa shape index (κ2) is 2.08. The van der Waals surface area contributed by atoms with Crippen LogP contribution in [0.1, 0.15) is 12.8 Å². The van der Waals surface area contributed by atoms with Crippen LogP contribution in [0.25, 0.3) is 0 Å². The molecule has 0 amide bonds. The van der Waals surface area contributed by atoms with Crippen molar-refractivity contribution in [2.24, 2.45) is 0 Å². The Morgan fingerprint density at radius 1 is 1.62 bits per heavy atom. The average molecular weight is 106 g/mol. The highest BCUT2D eigenvalue weighted by Crippen LogP contribution is 2.12. The zero-order valence-electron chi connectivity index (χ0n) is 4.59. The van der Waals surface area contributed by atoms with Crippen molar-refractivity contribution < 1.29 is 5.11 Å². The van der Waals surface area contributed by atoms with E-state index in [2.05, 4.69) is 0 Å². The van der Waals surface area contributed by atoms with Crippen molar-refractivity contribution >= 4 is 7.85 Å². The molecule has 40 valence electrons. The fourth-order valence-electron chi connectivity index (χ4n) is 0.671. The monoisotopic (exact) mass is 106 g/mol. The smallest absolute Gasteiger partial charge is 0.118 e.